The van der Waals surface area contributed by atoms with Crippen LogP contribution in [0.25, 0.3) is 10.9 Å². The van der Waals surface area contributed by atoms with Gasteiger partial charge in [-0.15, -0.1) is 0 Å². The van der Waals surface area contributed by atoms with Crippen molar-refractivity contribution in [2.24, 2.45) is 11.1 Å². The van der Waals surface area contributed by atoms with Crippen molar-refractivity contribution in [1.29, 1.82) is 0 Å². The average molecular weight is 499 g/mol. The number of rotatable bonds is 8. The van der Waals surface area contributed by atoms with E-state index >= 15 is 0 Å². The summed E-state index contributed by atoms with van der Waals surface area (Å²) in [5.74, 6) is -1.38. The van der Waals surface area contributed by atoms with Gasteiger partial charge in [-0.05, 0) is 37.3 Å². The molecule has 1 aliphatic heterocycles. The normalized spacial score (nSPS) is 18.8. The number of benzene rings is 1. The summed E-state index contributed by atoms with van der Waals surface area (Å²) in [6.45, 7) is 9.84. The zero-order chi connectivity index (χ0) is 26.6. The zero-order valence-electron chi connectivity index (χ0n) is 21.7. The highest BCUT2D eigenvalue weighted by atomic mass is 16.2. The van der Waals surface area contributed by atoms with Crippen LogP contribution in [0.1, 0.15) is 53.0 Å². The van der Waals surface area contributed by atoms with Gasteiger partial charge in [0.2, 0.25) is 17.7 Å². The molecule has 1 saturated heterocycles. The Bertz CT molecular complexity index is 1120. The highest BCUT2D eigenvalue weighted by Gasteiger charge is 2.44. The van der Waals surface area contributed by atoms with E-state index in [1.807, 2.05) is 58.9 Å². The van der Waals surface area contributed by atoms with Crippen LogP contribution >= 0.6 is 0 Å². The quantitative estimate of drug-likeness (QED) is 0.377. The molecule has 0 spiro atoms. The second-order valence-corrected chi connectivity index (χ2v) is 11.0. The van der Waals surface area contributed by atoms with Gasteiger partial charge in [-0.3, -0.25) is 14.4 Å². The summed E-state index contributed by atoms with van der Waals surface area (Å²) in [5, 5.41) is 9.29. The third-order valence-corrected chi connectivity index (χ3v) is 6.16. The van der Waals surface area contributed by atoms with E-state index in [4.69, 9.17) is 5.73 Å². The molecule has 0 bridgehead atoms. The number of nitrogens with one attached hydrogen (secondary N) is 4. The number of likely N-dealkylation sites (tertiary alicyclic amines) is 1. The lowest BCUT2D eigenvalue weighted by Gasteiger charge is -2.31. The number of para-hydroxylation sites is 1. The Morgan fingerprint density at radius 1 is 1.14 bits per heavy atom. The van der Waals surface area contributed by atoms with Crippen LogP contribution in [-0.4, -0.2) is 64.3 Å². The first-order valence-electron chi connectivity index (χ1n) is 12.4. The van der Waals surface area contributed by atoms with Gasteiger partial charge in [-0.25, -0.2) is 4.79 Å². The smallest absolute Gasteiger partial charge is 0.315 e. The van der Waals surface area contributed by atoms with E-state index in [-0.39, 0.29) is 30.2 Å². The van der Waals surface area contributed by atoms with Gasteiger partial charge in [-0.1, -0.05) is 39.0 Å². The van der Waals surface area contributed by atoms with Crippen LogP contribution in [0.5, 0.6) is 0 Å². The van der Waals surface area contributed by atoms with Crippen LogP contribution in [0.2, 0.25) is 0 Å². The Kier molecular flexibility index (Phi) is 8.27. The monoisotopic (exact) mass is 498 g/mol. The molecule has 1 aliphatic rings. The second-order valence-electron chi connectivity index (χ2n) is 11.0. The van der Waals surface area contributed by atoms with Gasteiger partial charge >= 0.3 is 6.03 Å². The number of primary amides is 1. The predicted molar refractivity (Wildman–Crippen MR) is 138 cm³/mol. The maximum absolute atomic E-state index is 13.6. The highest BCUT2D eigenvalue weighted by Crippen LogP contribution is 2.26. The number of nitrogens with two attached hydrogens (primary N) is 1. The van der Waals surface area contributed by atoms with E-state index in [0.29, 0.717) is 13.0 Å². The number of nitrogens with zero attached hydrogens (tertiary/aromatic N) is 1. The van der Waals surface area contributed by atoms with Gasteiger partial charge < -0.3 is 31.6 Å². The number of hydrogen-bond donors (Lipinski definition) is 5. The summed E-state index contributed by atoms with van der Waals surface area (Å²) in [5.41, 5.74) is 7.15. The number of carbonyl (C=O) groups excluding carboxylic acids is 4. The number of hydrogen-bond acceptors (Lipinski definition) is 4. The number of amides is 5. The van der Waals surface area contributed by atoms with Crippen LogP contribution in [0, 0.1) is 5.41 Å². The van der Waals surface area contributed by atoms with E-state index in [0.717, 1.165) is 16.5 Å². The molecule has 3 rings (SSSR count). The third kappa shape index (κ3) is 6.77. The van der Waals surface area contributed by atoms with Crippen LogP contribution in [0.15, 0.2) is 30.5 Å². The van der Waals surface area contributed by atoms with Crippen LogP contribution in [0.3, 0.4) is 0 Å². The Balaban J connectivity index is 1.82. The molecule has 0 saturated carbocycles. The van der Waals surface area contributed by atoms with Gasteiger partial charge in [0.1, 0.15) is 12.1 Å². The summed E-state index contributed by atoms with van der Waals surface area (Å²) in [4.78, 5) is 56.1. The Morgan fingerprint density at radius 2 is 1.83 bits per heavy atom. The fourth-order valence-electron chi connectivity index (χ4n) is 4.58. The number of H-pyrrole nitrogens is 1. The summed E-state index contributed by atoms with van der Waals surface area (Å²) in [7, 11) is 0. The molecule has 1 fully saturated rings. The highest BCUT2D eigenvalue weighted by molar-refractivity contribution is 5.94. The van der Waals surface area contributed by atoms with Crippen molar-refractivity contribution in [3.63, 3.8) is 0 Å². The molecule has 0 aliphatic carbocycles. The molecule has 0 unspecified atom stereocenters. The van der Waals surface area contributed by atoms with Crippen LogP contribution < -0.4 is 21.7 Å². The molecule has 5 amide bonds. The van der Waals surface area contributed by atoms with E-state index in [2.05, 4.69) is 20.9 Å². The first-order valence-corrected chi connectivity index (χ1v) is 12.4. The van der Waals surface area contributed by atoms with Gasteiger partial charge in [0.25, 0.3) is 0 Å². The molecule has 10 heteroatoms. The van der Waals surface area contributed by atoms with Crippen molar-refractivity contribution in [3.05, 3.63) is 36.0 Å². The molecule has 3 atom stereocenters. The molecule has 6 N–H and O–H groups in total. The summed E-state index contributed by atoms with van der Waals surface area (Å²) in [6.07, 6.45) is 2.65. The molecular weight excluding hydrogens is 460 g/mol. The van der Waals surface area contributed by atoms with Crippen LogP contribution in [0.4, 0.5) is 4.79 Å². The summed E-state index contributed by atoms with van der Waals surface area (Å²) in [6, 6.07) is 4.61. The lowest BCUT2D eigenvalue weighted by Crippen LogP contribution is -2.59. The number of fused-ring (bicyclic) bond motifs is 1. The van der Waals surface area contributed by atoms with Crippen molar-refractivity contribution in [1.82, 2.24) is 25.8 Å². The van der Waals surface area contributed by atoms with E-state index in [1.54, 1.807) is 6.20 Å². The standard InChI is InChI=1S/C26H38N6O4/c1-15(2)29-25(36)31-19-10-11-32(21(33)13-26(3,4)5)22(19)24(35)30-20(23(27)34)12-16-14-28-18-9-7-6-8-17(16)18/h6-9,14-15,19-20,22,28H,10-13H2,1-5H3,(H2,27,34)(H,30,35)(H2,29,31,36)/t19-,20+,22-/m0/s1. The molecule has 0 radical (unpaired) electrons. The second kappa shape index (κ2) is 11.0. The van der Waals surface area contributed by atoms with Crippen molar-refractivity contribution in [3.8, 4) is 0 Å². The van der Waals surface area contributed by atoms with Gasteiger partial charge in [0, 0.05) is 42.5 Å². The largest absolute Gasteiger partial charge is 0.368 e. The third-order valence-electron chi connectivity index (χ3n) is 6.16. The number of aromatic amines is 1. The summed E-state index contributed by atoms with van der Waals surface area (Å²) >= 11 is 0. The van der Waals surface area contributed by atoms with Gasteiger partial charge in [0.15, 0.2) is 0 Å². The first kappa shape index (κ1) is 27.0. The minimum atomic E-state index is -0.984. The topological polar surface area (TPSA) is 149 Å². The zero-order valence-corrected chi connectivity index (χ0v) is 21.7. The molecule has 10 nitrogen and oxygen atoms in total. The van der Waals surface area contributed by atoms with E-state index < -0.39 is 36.0 Å². The van der Waals surface area contributed by atoms with Gasteiger partial charge in [0.05, 0.1) is 6.04 Å². The predicted octanol–water partition coefficient (Wildman–Crippen LogP) is 1.79. The molecule has 1 aromatic carbocycles. The Morgan fingerprint density at radius 3 is 2.47 bits per heavy atom. The molecule has 2 aromatic rings. The number of aromatic nitrogens is 1. The lowest BCUT2D eigenvalue weighted by molar-refractivity contribution is -0.141. The fraction of sp³-hybridized carbons (Fsp3) is 0.538. The first-order chi connectivity index (χ1) is 16.9. The van der Waals surface area contributed by atoms with Crippen molar-refractivity contribution in [2.45, 2.75) is 78.0 Å². The van der Waals surface area contributed by atoms with Crippen molar-refractivity contribution >= 4 is 34.7 Å². The number of carbonyl (C=O) groups is 4. The summed E-state index contributed by atoms with van der Waals surface area (Å²) < 4.78 is 0. The molecule has 1 aromatic heterocycles. The minimum absolute atomic E-state index is 0.0901. The fourth-order valence-corrected chi connectivity index (χ4v) is 4.58. The molecule has 196 valence electrons. The Labute approximate surface area is 211 Å². The molecular formula is C26H38N6O4. The lowest BCUT2D eigenvalue weighted by atomic mass is 9.91. The van der Waals surface area contributed by atoms with Gasteiger partial charge in [-0.2, -0.15) is 0 Å². The Hall–Kier alpha value is -3.56. The van der Waals surface area contributed by atoms with E-state index in [9.17, 15) is 19.2 Å². The maximum Gasteiger partial charge on any atom is 0.315 e. The van der Waals surface area contributed by atoms with Crippen LogP contribution in [-0.2, 0) is 20.8 Å². The molecule has 2 heterocycles. The number of urea groups is 1. The van der Waals surface area contributed by atoms with Crippen molar-refractivity contribution in [2.75, 3.05) is 6.54 Å². The molecule has 36 heavy (non-hydrogen) atoms. The SMILES string of the molecule is CC(C)NC(=O)N[C@H]1CCN(C(=O)CC(C)(C)C)[C@@H]1C(=O)N[C@H](Cc1c[nH]c2ccccc12)C(N)=O. The maximum atomic E-state index is 13.6. The van der Waals surface area contributed by atoms with E-state index in [1.165, 1.54) is 4.90 Å². The average Bonchev–Trinajstić information content (AvgIpc) is 3.35. The van der Waals surface area contributed by atoms with Crippen molar-refractivity contribution < 1.29 is 19.2 Å². The minimum Gasteiger partial charge on any atom is -0.368 e.